The predicted octanol–water partition coefficient (Wildman–Crippen LogP) is 7.15. The fourth-order valence-electron chi connectivity index (χ4n) is 6.98. The Balaban J connectivity index is 0.961. The van der Waals surface area contributed by atoms with Crippen LogP contribution in [0.15, 0.2) is 71.7 Å². The number of halogens is 1. The van der Waals surface area contributed by atoms with Crippen LogP contribution >= 0.6 is 11.6 Å². The van der Waals surface area contributed by atoms with Gasteiger partial charge in [0.05, 0.1) is 36.7 Å². The van der Waals surface area contributed by atoms with Crippen molar-refractivity contribution in [3.8, 4) is 17.2 Å². The van der Waals surface area contributed by atoms with Crippen molar-refractivity contribution in [1.29, 1.82) is 0 Å². The molecule has 2 amide bonds. The molecule has 0 fully saturated rings. The van der Waals surface area contributed by atoms with Crippen LogP contribution in [0.4, 0.5) is 11.4 Å². The molecule has 0 saturated heterocycles. The van der Waals surface area contributed by atoms with Gasteiger partial charge in [-0.2, -0.15) is 0 Å². The normalized spacial score (nSPS) is 18.1. The highest BCUT2D eigenvalue weighted by molar-refractivity contribution is 6.19. The number of fused-ring (bicyclic) bond motifs is 6. The molecule has 3 aliphatic heterocycles. The Morgan fingerprint density at radius 3 is 2.59 bits per heavy atom. The maximum absolute atomic E-state index is 13.6. The summed E-state index contributed by atoms with van der Waals surface area (Å²) < 4.78 is 11.7. The number of hydrogen-bond acceptors (Lipinski definition) is 6. The summed E-state index contributed by atoms with van der Waals surface area (Å²) in [6, 6.07) is 21.0. The van der Waals surface area contributed by atoms with Gasteiger partial charge in [-0.05, 0) is 53.8 Å². The van der Waals surface area contributed by atoms with Crippen molar-refractivity contribution >= 4 is 51.8 Å². The second-order valence-corrected chi connectivity index (χ2v) is 12.5. The van der Waals surface area contributed by atoms with Gasteiger partial charge in [0.2, 0.25) is 5.91 Å². The lowest BCUT2D eigenvalue weighted by Gasteiger charge is -2.34. The van der Waals surface area contributed by atoms with Gasteiger partial charge in [-0.15, -0.1) is 11.6 Å². The van der Waals surface area contributed by atoms with Gasteiger partial charge in [0.15, 0.2) is 11.5 Å². The van der Waals surface area contributed by atoms with Crippen LogP contribution in [0.1, 0.15) is 58.6 Å². The van der Waals surface area contributed by atoms with E-state index in [2.05, 4.69) is 12.1 Å². The van der Waals surface area contributed by atoms with E-state index in [0.29, 0.717) is 61.2 Å². The number of rotatable bonds is 9. The molecule has 0 aromatic heterocycles. The van der Waals surface area contributed by atoms with E-state index in [4.69, 9.17) is 26.1 Å². The lowest BCUT2D eigenvalue weighted by atomic mass is 9.94. The average molecular weight is 638 g/mol. The third-order valence-electron chi connectivity index (χ3n) is 9.37. The van der Waals surface area contributed by atoms with E-state index in [1.165, 1.54) is 5.56 Å². The molecule has 4 aromatic rings. The predicted molar refractivity (Wildman–Crippen MR) is 180 cm³/mol. The maximum atomic E-state index is 13.6. The third-order valence-corrected chi connectivity index (χ3v) is 9.74. The lowest BCUT2D eigenvalue weighted by molar-refractivity contribution is -0.118. The van der Waals surface area contributed by atoms with Crippen LogP contribution in [-0.4, -0.2) is 60.2 Å². The largest absolute Gasteiger partial charge is 0.507 e. The number of alkyl halides is 1. The van der Waals surface area contributed by atoms with Crippen molar-refractivity contribution in [2.45, 2.75) is 50.6 Å². The summed E-state index contributed by atoms with van der Waals surface area (Å²) in [5.41, 5.74) is 5.27. The third kappa shape index (κ3) is 5.45. The number of phenolic OH excluding ortho intramolecular Hbond substituents is 1. The van der Waals surface area contributed by atoms with Crippen LogP contribution in [-0.2, 0) is 17.8 Å². The molecule has 0 spiro atoms. The van der Waals surface area contributed by atoms with Crippen molar-refractivity contribution in [3.05, 3.63) is 89.0 Å². The van der Waals surface area contributed by atoms with Crippen molar-refractivity contribution < 1.29 is 24.2 Å². The summed E-state index contributed by atoms with van der Waals surface area (Å²) in [7, 11) is 1.57. The molecule has 0 bridgehead atoms. The highest BCUT2D eigenvalue weighted by atomic mass is 35.5. The number of anilines is 1. The van der Waals surface area contributed by atoms with E-state index in [1.807, 2.05) is 47.5 Å². The Labute approximate surface area is 273 Å². The van der Waals surface area contributed by atoms with Gasteiger partial charge in [0, 0.05) is 55.0 Å². The minimum atomic E-state index is -0.104. The monoisotopic (exact) mass is 637 g/mol. The van der Waals surface area contributed by atoms with Crippen LogP contribution in [0, 0.1) is 0 Å². The highest BCUT2D eigenvalue weighted by Gasteiger charge is 2.35. The van der Waals surface area contributed by atoms with Crippen LogP contribution in [0.2, 0.25) is 0 Å². The molecule has 0 unspecified atom stereocenters. The van der Waals surface area contributed by atoms with E-state index < -0.39 is 0 Å². The van der Waals surface area contributed by atoms with Gasteiger partial charge in [-0.25, -0.2) is 0 Å². The smallest absolute Gasteiger partial charge is 0.257 e. The molecule has 7 rings (SSSR count). The lowest BCUT2D eigenvalue weighted by Crippen LogP contribution is -2.44. The number of ether oxygens (including phenoxy) is 2. The quantitative estimate of drug-likeness (QED) is 0.156. The number of carbonyl (C=O) groups excluding carboxylic acids is 2. The topological polar surface area (TPSA) is 91.7 Å². The molecule has 4 aromatic carbocycles. The number of nitrogens with zero attached hydrogens (tertiary/aromatic N) is 3. The maximum Gasteiger partial charge on any atom is 0.257 e. The molecule has 2 atom stereocenters. The minimum Gasteiger partial charge on any atom is -0.507 e. The summed E-state index contributed by atoms with van der Waals surface area (Å²) >= 11 is 6.33. The van der Waals surface area contributed by atoms with Crippen molar-refractivity contribution in [1.82, 2.24) is 4.90 Å². The Hall–Kier alpha value is -4.56. The molecule has 0 radical (unpaired) electrons. The fourth-order valence-corrected chi connectivity index (χ4v) is 7.24. The van der Waals surface area contributed by atoms with Crippen LogP contribution in [0.25, 0.3) is 10.8 Å². The van der Waals surface area contributed by atoms with Gasteiger partial charge in [-0.1, -0.05) is 48.5 Å². The summed E-state index contributed by atoms with van der Waals surface area (Å²) in [4.78, 5) is 35.3. The van der Waals surface area contributed by atoms with Gasteiger partial charge >= 0.3 is 0 Å². The number of aliphatic imine (C=N–C) groups is 1. The first kappa shape index (κ1) is 30.1. The van der Waals surface area contributed by atoms with Crippen molar-refractivity contribution in [2.75, 3.05) is 31.0 Å². The number of phenols is 1. The molecular formula is C37H36ClN3O5. The minimum absolute atomic E-state index is 0.0209. The summed E-state index contributed by atoms with van der Waals surface area (Å²) in [6.45, 7) is 1.50. The SMILES string of the molecule is COc1cc2c(cc1OCCCCCC(=O)N1C[C@@H](CCl)c3c1cc(O)c1ccccc31)N=C[C@@H]1Cc3ccccc3CN1C2=O. The molecule has 236 valence electrons. The van der Waals surface area contributed by atoms with E-state index >= 15 is 0 Å². The van der Waals surface area contributed by atoms with Gasteiger partial charge in [0.1, 0.15) is 5.75 Å². The first-order valence-corrected chi connectivity index (χ1v) is 16.4. The number of hydrogen-bond donors (Lipinski definition) is 1. The number of methoxy groups -OCH3 is 1. The zero-order chi connectivity index (χ0) is 31.8. The Morgan fingerprint density at radius 1 is 1.00 bits per heavy atom. The van der Waals surface area contributed by atoms with Crippen LogP contribution in [0.5, 0.6) is 17.2 Å². The number of unbranched alkanes of at least 4 members (excludes halogenated alkanes) is 2. The first-order chi connectivity index (χ1) is 22.5. The molecule has 0 saturated carbocycles. The number of aromatic hydroxyl groups is 1. The van der Waals surface area contributed by atoms with E-state index in [-0.39, 0.29) is 29.5 Å². The summed E-state index contributed by atoms with van der Waals surface area (Å²) in [6.07, 6.45) is 5.25. The Morgan fingerprint density at radius 2 is 1.78 bits per heavy atom. The summed E-state index contributed by atoms with van der Waals surface area (Å²) in [5, 5.41) is 12.4. The molecule has 9 heteroatoms. The second kappa shape index (κ2) is 12.7. The highest BCUT2D eigenvalue weighted by Crippen LogP contribution is 2.45. The van der Waals surface area contributed by atoms with Gasteiger partial charge < -0.3 is 24.4 Å². The Bertz CT molecular complexity index is 1860. The van der Waals surface area contributed by atoms with Gasteiger partial charge in [-0.3, -0.25) is 14.6 Å². The molecule has 46 heavy (non-hydrogen) atoms. The van der Waals surface area contributed by atoms with Crippen molar-refractivity contribution in [2.24, 2.45) is 4.99 Å². The number of amides is 2. The Kier molecular flexibility index (Phi) is 8.30. The fraction of sp³-hybridized carbons (Fsp3) is 0.324. The van der Waals surface area contributed by atoms with E-state index in [9.17, 15) is 14.7 Å². The van der Waals surface area contributed by atoms with Crippen LogP contribution < -0.4 is 14.4 Å². The zero-order valence-corrected chi connectivity index (χ0v) is 26.5. The van der Waals surface area contributed by atoms with Crippen LogP contribution in [0.3, 0.4) is 0 Å². The van der Waals surface area contributed by atoms with Crippen molar-refractivity contribution in [3.63, 3.8) is 0 Å². The molecule has 3 aliphatic rings. The first-order valence-electron chi connectivity index (χ1n) is 15.8. The van der Waals surface area contributed by atoms with E-state index in [0.717, 1.165) is 46.8 Å². The number of carbonyl (C=O) groups is 2. The summed E-state index contributed by atoms with van der Waals surface area (Å²) in [5.74, 6) is 1.59. The zero-order valence-electron chi connectivity index (χ0n) is 25.7. The molecular weight excluding hydrogens is 602 g/mol. The number of benzene rings is 4. The molecule has 0 aliphatic carbocycles. The average Bonchev–Trinajstić information content (AvgIpc) is 3.40. The molecule has 1 N–H and O–H groups in total. The van der Waals surface area contributed by atoms with Gasteiger partial charge in [0.25, 0.3) is 5.91 Å². The molecule has 3 heterocycles. The second-order valence-electron chi connectivity index (χ2n) is 12.2. The van der Waals surface area contributed by atoms with E-state index in [1.54, 1.807) is 30.2 Å². The standard InChI is InChI=1S/C37H36ClN3O5/c1-45-33-16-29-30(39-20-26-15-23-9-4-5-10-24(23)21-40(26)37(29)44)17-34(33)46-14-8-2-3-13-35(43)41-22-25(19-38)36-28-12-7-6-11-27(28)32(42)18-31(36)41/h4-7,9-12,16-18,20,25-26,42H,2-3,8,13-15,19,21-22H2,1H3/t25-,26+/m1/s1. The molecule has 8 nitrogen and oxygen atoms in total.